The molecule has 0 unspecified atom stereocenters. The smallest absolute Gasteiger partial charge is 0.339 e. The third-order valence-electron chi connectivity index (χ3n) is 5.40. The minimum Gasteiger partial charge on any atom is -0.493 e. The Bertz CT molecular complexity index is 1360. The zero-order valence-corrected chi connectivity index (χ0v) is 22.9. The van der Waals surface area contributed by atoms with Crippen LogP contribution in [0.4, 0.5) is 5.69 Å². The summed E-state index contributed by atoms with van der Waals surface area (Å²) >= 11 is 1.13. The molecule has 0 aliphatic rings. The highest BCUT2D eigenvalue weighted by molar-refractivity contribution is 7.99. The third kappa shape index (κ3) is 6.49. The maximum absolute atomic E-state index is 12.9. The molecule has 1 heterocycles. The molecule has 0 aliphatic heterocycles. The van der Waals surface area contributed by atoms with Gasteiger partial charge < -0.3 is 29.0 Å². The number of thioether (sulfide) groups is 1. The van der Waals surface area contributed by atoms with E-state index in [-0.39, 0.29) is 22.6 Å². The fourth-order valence-corrected chi connectivity index (χ4v) is 4.36. The minimum atomic E-state index is -0.671. The second kappa shape index (κ2) is 13.3. The van der Waals surface area contributed by atoms with Crippen LogP contribution >= 0.6 is 11.8 Å². The summed E-state index contributed by atoms with van der Waals surface area (Å²) in [6.45, 7) is 4.16. The molecule has 0 aliphatic carbocycles. The average Bonchev–Trinajstić information content (AvgIpc) is 3.36. The molecule has 13 heteroatoms. The molecular weight excluding hydrogens is 528 g/mol. The van der Waals surface area contributed by atoms with Gasteiger partial charge in [-0.15, -0.1) is 16.8 Å². The number of benzene rings is 2. The summed E-state index contributed by atoms with van der Waals surface area (Å²) in [7, 11) is 7.00. The van der Waals surface area contributed by atoms with E-state index in [1.165, 1.54) is 53.7 Å². The van der Waals surface area contributed by atoms with Crippen LogP contribution in [0.15, 0.2) is 48.1 Å². The zero-order valence-electron chi connectivity index (χ0n) is 22.1. The highest BCUT2D eigenvalue weighted by Crippen LogP contribution is 2.41. The molecule has 12 nitrogen and oxygen atoms in total. The number of nitrogens with one attached hydrogen (secondary N) is 1. The lowest BCUT2D eigenvalue weighted by Gasteiger charge is -2.14. The van der Waals surface area contributed by atoms with E-state index in [4.69, 9.17) is 23.7 Å². The van der Waals surface area contributed by atoms with Crippen LogP contribution in [0.2, 0.25) is 0 Å². The van der Waals surface area contributed by atoms with Crippen molar-refractivity contribution in [2.75, 3.05) is 46.6 Å². The van der Waals surface area contributed by atoms with Crippen LogP contribution in [0.25, 0.3) is 11.4 Å². The number of ether oxygens (including phenoxy) is 5. The molecule has 0 atom stereocenters. The summed E-state index contributed by atoms with van der Waals surface area (Å²) in [6, 6.07) is 7.63. The first-order valence-electron chi connectivity index (χ1n) is 11.4. The predicted octanol–water partition coefficient (Wildman–Crippen LogP) is 3.46. The molecule has 1 aromatic heterocycles. The number of methoxy groups -OCH3 is 5. The molecule has 1 amide bonds. The molecule has 3 aromatic rings. The van der Waals surface area contributed by atoms with Crippen LogP contribution in [0.5, 0.6) is 17.2 Å². The number of aromatic nitrogens is 3. The van der Waals surface area contributed by atoms with Gasteiger partial charge in [0.15, 0.2) is 22.5 Å². The van der Waals surface area contributed by atoms with Crippen molar-refractivity contribution in [2.24, 2.45) is 0 Å². The Kier molecular flexibility index (Phi) is 9.92. The fourth-order valence-electron chi connectivity index (χ4n) is 3.61. The van der Waals surface area contributed by atoms with E-state index >= 15 is 0 Å². The predicted molar refractivity (Wildman–Crippen MR) is 144 cm³/mol. The van der Waals surface area contributed by atoms with Crippen molar-refractivity contribution < 1.29 is 38.1 Å². The Morgan fingerprint density at radius 3 is 2.18 bits per heavy atom. The summed E-state index contributed by atoms with van der Waals surface area (Å²) in [4.78, 5) is 37.0. The molecular formula is C26H28N4O8S. The molecule has 206 valence electrons. The van der Waals surface area contributed by atoms with E-state index in [1.807, 2.05) is 0 Å². The van der Waals surface area contributed by atoms with E-state index in [0.29, 0.717) is 40.3 Å². The van der Waals surface area contributed by atoms with Crippen LogP contribution in [-0.2, 0) is 20.8 Å². The summed E-state index contributed by atoms with van der Waals surface area (Å²) in [6.07, 6.45) is 1.68. The number of carbonyl (C=O) groups is 3. The molecule has 0 fully saturated rings. The van der Waals surface area contributed by atoms with Crippen molar-refractivity contribution in [3.8, 4) is 28.6 Å². The number of rotatable bonds is 12. The second-order valence-electron chi connectivity index (χ2n) is 7.70. The number of hydrogen-bond donors (Lipinski definition) is 1. The average molecular weight is 557 g/mol. The van der Waals surface area contributed by atoms with E-state index in [9.17, 15) is 14.4 Å². The lowest BCUT2D eigenvalue weighted by Crippen LogP contribution is -2.18. The Balaban J connectivity index is 1.87. The van der Waals surface area contributed by atoms with Gasteiger partial charge in [0.2, 0.25) is 11.7 Å². The van der Waals surface area contributed by atoms with Crippen molar-refractivity contribution in [1.29, 1.82) is 0 Å². The second-order valence-corrected chi connectivity index (χ2v) is 8.64. The Morgan fingerprint density at radius 1 is 0.949 bits per heavy atom. The maximum Gasteiger partial charge on any atom is 0.339 e. The van der Waals surface area contributed by atoms with Crippen LogP contribution in [-0.4, -0.2) is 73.9 Å². The number of anilines is 1. The van der Waals surface area contributed by atoms with Crippen molar-refractivity contribution in [1.82, 2.24) is 14.8 Å². The van der Waals surface area contributed by atoms with Crippen LogP contribution in [0.3, 0.4) is 0 Å². The number of allylic oxidation sites excluding steroid dienone is 1. The first-order chi connectivity index (χ1) is 18.8. The number of amides is 1. The number of hydrogen-bond acceptors (Lipinski definition) is 11. The summed E-state index contributed by atoms with van der Waals surface area (Å²) < 4.78 is 27.6. The van der Waals surface area contributed by atoms with E-state index in [2.05, 4.69) is 22.1 Å². The summed E-state index contributed by atoms with van der Waals surface area (Å²) in [5, 5.41) is 11.7. The fraction of sp³-hybridized carbons (Fsp3) is 0.269. The summed E-state index contributed by atoms with van der Waals surface area (Å²) in [5.41, 5.74) is 1.01. The van der Waals surface area contributed by atoms with Crippen molar-refractivity contribution in [2.45, 2.75) is 11.7 Å². The minimum absolute atomic E-state index is 0.0758. The highest BCUT2D eigenvalue weighted by atomic mass is 32.2. The van der Waals surface area contributed by atoms with E-state index in [0.717, 1.165) is 11.8 Å². The lowest BCUT2D eigenvalue weighted by atomic mass is 10.1. The number of carbonyl (C=O) groups excluding carboxylic acids is 3. The van der Waals surface area contributed by atoms with E-state index in [1.54, 1.807) is 22.8 Å². The van der Waals surface area contributed by atoms with Crippen molar-refractivity contribution in [3.05, 3.63) is 54.1 Å². The van der Waals surface area contributed by atoms with Crippen LogP contribution in [0, 0.1) is 0 Å². The Hall–Kier alpha value is -4.52. The molecule has 3 rings (SSSR count). The van der Waals surface area contributed by atoms with E-state index < -0.39 is 17.8 Å². The molecule has 0 bridgehead atoms. The molecule has 0 spiro atoms. The van der Waals surface area contributed by atoms with Gasteiger partial charge in [0.1, 0.15) is 0 Å². The molecule has 0 saturated heterocycles. The molecule has 0 radical (unpaired) electrons. The molecule has 2 aromatic carbocycles. The van der Waals surface area contributed by atoms with Gasteiger partial charge in [-0.25, -0.2) is 9.59 Å². The van der Waals surface area contributed by atoms with Crippen LogP contribution < -0.4 is 19.5 Å². The van der Waals surface area contributed by atoms with Gasteiger partial charge in [-0.05, 0) is 30.3 Å². The Labute approximate surface area is 229 Å². The zero-order chi connectivity index (χ0) is 28.5. The van der Waals surface area contributed by atoms with Crippen LogP contribution in [0.1, 0.15) is 20.7 Å². The van der Waals surface area contributed by atoms with Crippen molar-refractivity contribution >= 4 is 35.3 Å². The molecule has 39 heavy (non-hydrogen) atoms. The third-order valence-corrected chi connectivity index (χ3v) is 6.37. The highest BCUT2D eigenvalue weighted by Gasteiger charge is 2.21. The standard InChI is InChI=1S/C26H28N4O8S/c1-7-10-30-23(16-12-19(34-2)22(36-4)20(13-16)35-3)28-29-26(30)39-14-21(31)27-18-11-15(24(32)37-5)8-9-17(18)25(33)38-6/h7-9,11-13H,1,10,14H2,2-6H3,(H,27,31). The van der Waals surface area contributed by atoms with Gasteiger partial charge in [-0.3, -0.25) is 9.36 Å². The van der Waals surface area contributed by atoms with Gasteiger partial charge in [-0.2, -0.15) is 0 Å². The molecule has 1 N–H and O–H groups in total. The van der Waals surface area contributed by atoms with Gasteiger partial charge >= 0.3 is 11.9 Å². The number of esters is 2. The largest absolute Gasteiger partial charge is 0.493 e. The normalized spacial score (nSPS) is 10.4. The quantitative estimate of drug-likeness (QED) is 0.199. The van der Waals surface area contributed by atoms with Gasteiger partial charge in [0.25, 0.3) is 0 Å². The van der Waals surface area contributed by atoms with Gasteiger partial charge in [0.05, 0.1) is 58.1 Å². The number of nitrogens with zero attached hydrogens (tertiary/aromatic N) is 3. The lowest BCUT2D eigenvalue weighted by molar-refractivity contribution is -0.113. The molecule has 0 saturated carbocycles. The van der Waals surface area contributed by atoms with Gasteiger partial charge in [0, 0.05) is 12.1 Å². The monoisotopic (exact) mass is 556 g/mol. The first-order valence-corrected chi connectivity index (χ1v) is 12.4. The topological polar surface area (TPSA) is 140 Å². The SMILES string of the molecule is C=CCn1c(SCC(=O)Nc2cc(C(=O)OC)ccc2C(=O)OC)nnc1-c1cc(OC)c(OC)c(OC)c1. The van der Waals surface area contributed by atoms with Gasteiger partial charge in [-0.1, -0.05) is 17.8 Å². The van der Waals surface area contributed by atoms with Crippen molar-refractivity contribution in [3.63, 3.8) is 0 Å². The first kappa shape index (κ1) is 29.0. The Morgan fingerprint density at radius 2 is 1.62 bits per heavy atom. The summed E-state index contributed by atoms with van der Waals surface area (Å²) in [5.74, 6) is 0.0163. The maximum atomic E-state index is 12.9.